The largest absolute Gasteiger partial charge is 0.497 e. The van der Waals surface area contributed by atoms with E-state index in [1.54, 1.807) is 37.4 Å². The first-order valence-electron chi connectivity index (χ1n) is 7.80. The zero-order chi connectivity index (χ0) is 19.4. The van der Waals surface area contributed by atoms with Gasteiger partial charge in [0.25, 0.3) is 0 Å². The van der Waals surface area contributed by atoms with Crippen LogP contribution in [0.4, 0.5) is 8.78 Å². The highest BCUT2D eigenvalue weighted by molar-refractivity contribution is 6.12. The molecule has 8 heteroatoms. The van der Waals surface area contributed by atoms with Crippen molar-refractivity contribution in [2.45, 2.75) is 6.61 Å². The smallest absolute Gasteiger partial charge is 0.387 e. The van der Waals surface area contributed by atoms with Crippen molar-refractivity contribution in [3.63, 3.8) is 0 Å². The fourth-order valence-corrected chi connectivity index (χ4v) is 2.40. The number of nitrogens with zero attached hydrogens (tertiary/aromatic N) is 1. The van der Waals surface area contributed by atoms with E-state index in [9.17, 15) is 13.6 Å². The number of carbonyl (C=O) groups excluding carboxylic acids is 1. The van der Waals surface area contributed by atoms with Crippen molar-refractivity contribution in [3.8, 4) is 17.2 Å². The molecular weight excluding hydrogens is 360 g/mol. The Labute approximate surface area is 153 Å². The van der Waals surface area contributed by atoms with Crippen molar-refractivity contribution in [2.24, 2.45) is 4.99 Å². The number of halogens is 2. The summed E-state index contributed by atoms with van der Waals surface area (Å²) in [4.78, 5) is 16.2. The van der Waals surface area contributed by atoms with Gasteiger partial charge in [0.15, 0.2) is 17.2 Å². The van der Waals surface area contributed by atoms with Crippen molar-refractivity contribution >= 4 is 17.9 Å². The molecule has 0 aliphatic carbocycles. The van der Waals surface area contributed by atoms with Crippen molar-refractivity contribution in [1.29, 1.82) is 0 Å². The lowest BCUT2D eigenvalue weighted by molar-refractivity contribution is -0.129. The van der Waals surface area contributed by atoms with Gasteiger partial charge in [-0.2, -0.15) is 8.78 Å². The minimum atomic E-state index is -3.00. The Bertz CT molecular complexity index is 907. The summed E-state index contributed by atoms with van der Waals surface area (Å²) in [6.45, 7) is -3.00. The van der Waals surface area contributed by atoms with Crippen LogP contribution in [0.5, 0.6) is 17.2 Å². The number of cyclic esters (lactones) is 1. The number of methoxy groups -OCH3 is 2. The third kappa shape index (κ3) is 4.22. The first kappa shape index (κ1) is 18.4. The Hall–Kier alpha value is -3.42. The molecule has 0 unspecified atom stereocenters. The van der Waals surface area contributed by atoms with E-state index in [4.69, 9.17) is 14.2 Å². The van der Waals surface area contributed by atoms with Gasteiger partial charge in [0.05, 0.1) is 14.2 Å². The van der Waals surface area contributed by atoms with Gasteiger partial charge in [0.1, 0.15) is 5.75 Å². The highest BCUT2D eigenvalue weighted by Gasteiger charge is 2.24. The molecule has 0 saturated heterocycles. The Morgan fingerprint density at radius 3 is 2.41 bits per heavy atom. The van der Waals surface area contributed by atoms with Crippen LogP contribution in [-0.4, -0.2) is 32.7 Å². The molecule has 0 spiro atoms. The summed E-state index contributed by atoms with van der Waals surface area (Å²) in [6, 6.07) is 11.2. The molecular formula is C19H15F2NO5. The molecule has 0 aromatic heterocycles. The van der Waals surface area contributed by atoms with Gasteiger partial charge in [0, 0.05) is 5.56 Å². The van der Waals surface area contributed by atoms with E-state index >= 15 is 0 Å². The third-order valence-electron chi connectivity index (χ3n) is 3.66. The summed E-state index contributed by atoms with van der Waals surface area (Å²) in [5.41, 5.74) is 1.07. The molecule has 2 aromatic carbocycles. The lowest BCUT2D eigenvalue weighted by atomic mass is 10.1. The van der Waals surface area contributed by atoms with Crippen LogP contribution >= 0.6 is 0 Å². The first-order chi connectivity index (χ1) is 13.0. The Balaban J connectivity index is 1.89. The highest BCUT2D eigenvalue weighted by Crippen LogP contribution is 2.31. The van der Waals surface area contributed by atoms with Crippen LogP contribution in [0.2, 0.25) is 0 Å². The fraction of sp³-hybridized carbons (Fsp3) is 0.158. The molecule has 0 fully saturated rings. The van der Waals surface area contributed by atoms with Crippen molar-refractivity contribution < 1.29 is 32.5 Å². The zero-order valence-electron chi connectivity index (χ0n) is 14.4. The third-order valence-corrected chi connectivity index (χ3v) is 3.66. The molecule has 1 heterocycles. The van der Waals surface area contributed by atoms with Gasteiger partial charge >= 0.3 is 12.6 Å². The molecule has 6 nitrogen and oxygen atoms in total. The summed E-state index contributed by atoms with van der Waals surface area (Å²) in [5.74, 6) is 0.158. The van der Waals surface area contributed by atoms with Crippen LogP contribution in [0.25, 0.3) is 6.08 Å². The molecule has 140 valence electrons. The number of hydrogen-bond acceptors (Lipinski definition) is 6. The van der Waals surface area contributed by atoms with E-state index in [1.807, 2.05) is 0 Å². The number of rotatable bonds is 6. The van der Waals surface area contributed by atoms with Crippen molar-refractivity contribution in [1.82, 2.24) is 0 Å². The summed E-state index contributed by atoms with van der Waals surface area (Å²) < 4.78 is 44.7. The molecule has 0 atom stereocenters. The Kier molecular flexibility index (Phi) is 5.35. The lowest BCUT2D eigenvalue weighted by Crippen LogP contribution is -2.05. The molecule has 0 amide bonds. The molecule has 1 aliphatic rings. The molecule has 27 heavy (non-hydrogen) atoms. The van der Waals surface area contributed by atoms with Gasteiger partial charge in [-0.1, -0.05) is 6.07 Å². The maximum atomic E-state index is 12.5. The standard InChI is InChI=1S/C19H15F2NO5/c1-24-13-6-4-12(5-7-13)17-22-14(18(23)27-17)9-11-3-8-15(25-2)16(10-11)26-19(20)21/h3-10,19H,1-2H3/b14-9-. The van der Waals surface area contributed by atoms with Gasteiger partial charge in [-0.15, -0.1) is 0 Å². The normalized spacial score (nSPS) is 14.9. The number of alkyl halides is 2. The van der Waals surface area contributed by atoms with Gasteiger partial charge in [-0.05, 0) is 48.0 Å². The highest BCUT2D eigenvalue weighted by atomic mass is 19.3. The van der Waals surface area contributed by atoms with E-state index in [0.717, 1.165) is 0 Å². The number of esters is 1. The summed E-state index contributed by atoms with van der Waals surface area (Å²) in [5, 5.41) is 0. The predicted octanol–water partition coefficient (Wildman–Crippen LogP) is 3.65. The monoisotopic (exact) mass is 375 g/mol. The number of hydrogen-bond donors (Lipinski definition) is 0. The maximum Gasteiger partial charge on any atom is 0.387 e. The minimum absolute atomic E-state index is 0.0361. The number of carbonyl (C=O) groups is 1. The molecule has 0 saturated carbocycles. The van der Waals surface area contributed by atoms with E-state index < -0.39 is 12.6 Å². The van der Waals surface area contributed by atoms with Gasteiger partial charge in [-0.3, -0.25) is 0 Å². The summed E-state index contributed by atoms with van der Waals surface area (Å²) in [7, 11) is 2.88. The van der Waals surface area contributed by atoms with Gasteiger partial charge in [-0.25, -0.2) is 9.79 Å². The second kappa shape index (κ2) is 7.86. The van der Waals surface area contributed by atoms with E-state index in [1.165, 1.54) is 25.3 Å². The molecule has 2 aromatic rings. The zero-order valence-corrected chi connectivity index (χ0v) is 14.4. The molecule has 0 bridgehead atoms. The fourth-order valence-electron chi connectivity index (χ4n) is 2.40. The van der Waals surface area contributed by atoms with Gasteiger partial charge in [0.2, 0.25) is 5.90 Å². The average Bonchev–Trinajstić information content (AvgIpc) is 3.02. The van der Waals surface area contributed by atoms with Crippen molar-refractivity contribution in [3.05, 3.63) is 59.3 Å². The second-order valence-electron chi connectivity index (χ2n) is 5.35. The van der Waals surface area contributed by atoms with Crippen LogP contribution in [0.3, 0.4) is 0 Å². The Morgan fingerprint density at radius 1 is 1.04 bits per heavy atom. The van der Waals surface area contributed by atoms with E-state index in [2.05, 4.69) is 9.73 Å². The number of benzene rings is 2. The molecule has 3 rings (SSSR count). The Morgan fingerprint density at radius 2 is 1.78 bits per heavy atom. The molecule has 0 N–H and O–H groups in total. The van der Waals surface area contributed by atoms with Crippen LogP contribution in [0.1, 0.15) is 11.1 Å². The van der Waals surface area contributed by atoms with E-state index in [-0.39, 0.29) is 23.1 Å². The van der Waals surface area contributed by atoms with E-state index in [0.29, 0.717) is 16.9 Å². The van der Waals surface area contributed by atoms with Crippen LogP contribution in [0, 0.1) is 0 Å². The summed E-state index contributed by atoms with van der Waals surface area (Å²) in [6.07, 6.45) is 1.41. The molecule has 1 aliphatic heterocycles. The summed E-state index contributed by atoms with van der Waals surface area (Å²) >= 11 is 0. The topological polar surface area (TPSA) is 66.3 Å². The minimum Gasteiger partial charge on any atom is -0.497 e. The quantitative estimate of drug-likeness (QED) is 0.570. The average molecular weight is 375 g/mol. The number of ether oxygens (including phenoxy) is 4. The molecule has 0 radical (unpaired) electrons. The van der Waals surface area contributed by atoms with Crippen LogP contribution < -0.4 is 14.2 Å². The number of aliphatic imine (C=N–C) groups is 1. The SMILES string of the molecule is COc1ccc(C2=N/C(=C\c3ccc(OC)c(OC(F)F)c3)C(=O)O2)cc1. The first-order valence-corrected chi connectivity index (χ1v) is 7.80. The second-order valence-corrected chi connectivity index (χ2v) is 5.35. The van der Waals surface area contributed by atoms with Crippen LogP contribution in [0.15, 0.2) is 53.2 Å². The predicted molar refractivity (Wildman–Crippen MR) is 93.2 cm³/mol. The lowest BCUT2D eigenvalue weighted by Gasteiger charge is -2.10. The van der Waals surface area contributed by atoms with Crippen molar-refractivity contribution in [2.75, 3.05) is 14.2 Å². The maximum absolute atomic E-state index is 12.5. The van der Waals surface area contributed by atoms with Crippen LogP contribution in [-0.2, 0) is 9.53 Å². The van der Waals surface area contributed by atoms with Gasteiger partial charge < -0.3 is 18.9 Å².